The van der Waals surface area contributed by atoms with Gasteiger partial charge in [-0.1, -0.05) is 42.3 Å². The van der Waals surface area contributed by atoms with E-state index in [9.17, 15) is 0 Å². The first-order valence-corrected chi connectivity index (χ1v) is 7.94. The van der Waals surface area contributed by atoms with Crippen LogP contribution in [0.15, 0.2) is 36.7 Å². The van der Waals surface area contributed by atoms with E-state index in [-0.39, 0.29) is 6.04 Å². The van der Waals surface area contributed by atoms with E-state index in [1.807, 2.05) is 30.6 Å². The lowest BCUT2D eigenvalue weighted by Crippen LogP contribution is -2.24. The molecule has 2 rings (SSSR count). The molecule has 112 valence electrons. The second kappa shape index (κ2) is 7.79. The lowest BCUT2D eigenvalue weighted by Gasteiger charge is -2.19. The minimum atomic E-state index is 0.231. The van der Waals surface area contributed by atoms with Gasteiger partial charge in [-0.05, 0) is 55.1 Å². The summed E-state index contributed by atoms with van der Waals surface area (Å²) in [7, 11) is 0. The van der Waals surface area contributed by atoms with Gasteiger partial charge in [-0.3, -0.25) is 4.98 Å². The first-order chi connectivity index (χ1) is 10.1. The van der Waals surface area contributed by atoms with Crippen LogP contribution in [-0.4, -0.2) is 11.5 Å². The van der Waals surface area contributed by atoms with Crippen LogP contribution in [0.3, 0.4) is 0 Å². The van der Waals surface area contributed by atoms with E-state index >= 15 is 0 Å². The third kappa shape index (κ3) is 4.70. The maximum atomic E-state index is 6.11. The van der Waals surface area contributed by atoms with Crippen molar-refractivity contribution < 1.29 is 0 Å². The number of pyridine rings is 1. The summed E-state index contributed by atoms with van der Waals surface area (Å²) in [5.41, 5.74) is 3.54. The molecule has 0 aliphatic heterocycles. The van der Waals surface area contributed by atoms with Crippen molar-refractivity contribution in [3.63, 3.8) is 0 Å². The Balaban J connectivity index is 2.21. The van der Waals surface area contributed by atoms with Crippen molar-refractivity contribution in [1.82, 2.24) is 10.3 Å². The summed E-state index contributed by atoms with van der Waals surface area (Å²) >= 11 is 12.1. The Bertz CT molecular complexity index is 599. The van der Waals surface area contributed by atoms with Crippen LogP contribution in [0.2, 0.25) is 10.0 Å². The van der Waals surface area contributed by atoms with E-state index in [4.69, 9.17) is 23.2 Å². The number of hydrogen-bond donors (Lipinski definition) is 1. The Morgan fingerprint density at radius 2 is 1.95 bits per heavy atom. The van der Waals surface area contributed by atoms with Crippen LogP contribution in [0, 0.1) is 6.92 Å². The van der Waals surface area contributed by atoms with Crippen molar-refractivity contribution in [3.8, 4) is 0 Å². The van der Waals surface area contributed by atoms with Gasteiger partial charge in [0.1, 0.15) is 0 Å². The molecule has 0 aliphatic rings. The number of benzene rings is 1. The molecule has 0 saturated carbocycles. The average molecular weight is 323 g/mol. The molecule has 1 atom stereocenters. The van der Waals surface area contributed by atoms with Crippen LogP contribution >= 0.6 is 23.2 Å². The van der Waals surface area contributed by atoms with Crippen molar-refractivity contribution in [2.75, 3.05) is 6.54 Å². The van der Waals surface area contributed by atoms with E-state index in [0.29, 0.717) is 10.0 Å². The normalized spacial score (nSPS) is 12.4. The summed E-state index contributed by atoms with van der Waals surface area (Å²) in [6, 6.07) is 8.23. The van der Waals surface area contributed by atoms with Crippen molar-refractivity contribution in [3.05, 3.63) is 63.4 Å². The van der Waals surface area contributed by atoms with E-state index in [0.717, 1.165) is 19.4 Å². The third-order valence-electron chi connectivity index (χ3n) is 3.36. The summed E-state index contributed by atoms with van der Waals surface area (Å²) < 4.78 is 0. The molecule has 1 aromatic carbocycles. The number of nitrogens with zero attached hydrogens (tertiary/aromatic N) is 1. The van der Waals surface area contributed by atoms with Gasteiger partial charge in [-0.15, -0.1) is 0 Å². The molecule has 0 radical (unpaired) electrons. The second-order valence-electron chi connectivity index (χ2n) is 5.25. The van der Waals surface area contributed by atoms with Gasteiger partial charge in [-0.2, -0.15) is 0 Å². The monoisotopic (exact) mass is 322 g/mol. The molecule has 1 aromatic heterocycles. The molecule has 0 spiro atoms. The Morgan fingerprint density at radius 1 is 1.14 bits per heavy atom. The predicted molar refractivity (Wildman–Crippen MR) is 90.2 cm³/mol. The van der Waals surface area contributed by atoms with Crippen molar-refractivity contribution in [1.29, 1.82) is 0 Å². The van der Waals surface area contributed by atoms with Crippen molar-refractivity contribution in [2.24, 2.45) is 0 Å². The van der Waals surface area contributed by atoms with Crippen molar-refractivity contribution in [2.45, 2.75) is 32.7 Å². The molecule has 2 aromatic rings. The van der Waals surface area contributed by atoms with Gasteiger partial charge in [0.25, 0.3) is 0 Å². The molecule has 1 unspecified atom stereocenters. The van der Waals surface area contributed by atoms with E-state index in [1.165, 1.54) is 16.7 Å². The third-order valence-corrected chi connectivity index (χ3v) is 4.10. The van der Waals surface area contributed by atoms with Crippen LogP contribution in [0.5, 0.6) is 0 Å². The molecular formula is C17H20Cl2N2. The highest BCUT2D eigenvalue weighted by Crippen LogP contribution is 2.25. The van der Waals surface area contributed by atoms with Crippen LogP contribution < -0.4 is 5.32 Å². The number of halogens is 2. The lowest BCUT2D eigenvalue weighted by atomic mass is 9.99. The van der Waals surface area contributed by atoms with E-state index in [2.05, 4.69) is 30.2 Å². The number of nitrogens with one attached hydrogen (secondary N) is 1. The molecule has 21 heavy (non-hydrogen) atoms. The molecule has 2 nitrogen and oxygen atoms in total. The average Bonchev–Trinajstić information content (AvgIpc) is 2.47. The summed E-state index contributed by atoms with van der Waals surface area (Å²) in [5.74, 6) is 0. The van der Waals surface area contributed by atoms with Gasteiger partial charge in [-0.25, -0.2) is 0 Å². The zero-order valence-electron chi connectivity index (χ0n) is 12.4. The molecule has 4 heteroatoms. The summed E-state index contributed by atoms with van der Waals surface area (Å²) in [5, 5.41) is 4.78. The molecular weight excluding hydrogens is 303 g/mol. The van der Waals surface area contributed by atoms with Crippen LogP contribution in [0.4, 0.5) is 0 Å². The highest BCUT2D eigenvalue weighted by atomic mass is 35.5. The van der Waals surface area contributed by atoms with Crippen LogP contribution in [0.25, 0.3) is 0 Å². The van der Waals surface area contributed by atoms with Gasteiger partial charge >= 0.3 is 0 Å². The van der Waals surface area contributed by atoms with Crippen LogP contribution in [0.1, 0.15) is 36.1 Å². The fourth-order valence-corrected chi connectivity index (χ4v) is 2.62. The topological polar surface area (TPSA) is 24.9 Å². The van der Waals surface area contributed by atoms with Gasteiger partial charge in [0.15, 0.2) is 0 Å². The van der Waals surface area contributed by atoms with Crippen molar-refractivity contribution >= 4 is 23.2 Å². The summed E-state index contributed by atoms with van der Waals surface area (Å²) in [6.07, 6.45) is 5.76. The van der Waals surface area contributed by atoms with E-state index < -0.39 is 0 Å². The fourth-order valence-electron chi connectivity index (χ4n) is 2.30. The minimum Gasteiger partial charge on any atom is -0.310 e. The Kier molecular flexibility index (Phi) is 6.04. The molecule has 0 bridgehead atoms. The van der Waals surface area contributed by atoms with Gasteiger partial charge in [0.2, 0.25) is 0 Å². The molecule has 0 fully saturated rings. The zero-order valence-corrected chi connectivity index (χ0v) is 13.9. The molecule has 0 aliphatic carbocycles. The fraction of sp³-hybridized carbons (Fsp3) is 0.353. The Morgan fingerprint density at radius 3 is 2.62 bits per heavy atom. The number of rotatable bonds is 6. The zero-order chi connectivity index (χ0) is 15.2. The molecule has 1 heterocycles. The smallest absolute Gasteiger partial charge is 0.0595 e. The highest BCUT2D eigenvalue weighted by Gasteiger charge is 2.13. The second-order valence-corrected chi connectivity index (χ2v) is 6.07. The maximum absolute atomic E-state index is 6.11. The maximum Gasteiger partial charge on any atom is 0.0595 e. The SMILES string of the molecule is CCCNC(Cc1ccc(Cl)c(Cl)c1)c1cncc(C)c1. The first-order valence-electron chi connectivity index (χ1n) is 7.19. The predicted octanol–water partition coefficient (Wildman–Crippen LogP) is 4.98. The van der Waals surface area contributed by atoms with Gasteiger partial charge in [0, 0.05) is 18.4 Å². The molecule has 0 amide bonds. The number of hydrogen-bond acceptors (Lipinski definition) is 2. The molecule has 0 saturated heterocycles. The standard InChI is InChI=1S/C17H20Cl2N2/c1-3-6-21-17(14-7-12(2)10-20-11-14)9-13-4-5-15(18)16(19)8-13/h4-5,7-8,10-11,17,21H,3,6,9H2,1-2H3. The number of aromatic nitrogens is 1. The highest BCUT2D eigenvalue weighted by molar-refractivity contribution is 6.42. The summed E-state index contributed by atoms with van der Waals surface area (Å²) in [4.78, 5) is 4.30. The summed E-state index contributed by atoms with van der Waals surface area (Å²) in [6.45, 7) is 5.20. The molecule has 1 N–H and O–H groups in total. The Labute approximate surface area is 136 Å². The minimum absolute atomic E-state index is 0.231. The Hall–Kier alpha value is -1.09. The lowest BCUT2D eigenvalue weighted by molar-refractivity contribution is 0.527. The van der Waals surface area contributed by atoms with Gasteiger partial charge < -0.3 is 5.32 Å². The first kappa shape index (κ1) is 16.3. The van der Waals surface area contributed by atoms with Gasteiger partial charge in [0.05, 0.1) is 10.0 Å². The van der Waals surface area contributed by atoms with E-state index in [1.54, 1.807) is 0 Å². The van der Waals surface area contributed by atoms with Crippen LogP contribution in [-0.2, 0) is 6.42 Å². The number of aryl methyl sites for hydroxylation is 1. The quantitative estimate of drug-likeness (QED) is 0.811. The largest absolute Gasteiger partial charge is 0.310 e.